The van der Waals surface area contributed by atoms with E-state index in [1.165, 1.54) is 0 Å². The molecule has 110 valence electrons. The van der Waals surface area contributed by atoms with Crippen LogP contribution in [0.4, 0.5) is 0 Å². The molecule has 1 fully saturated rings. The van der Waals surface area contributed by atoms with Gasteiger partial charge in [-0.2, -0.15) is 4.31 Å². The van der Waals surface area contributed by atoms with E-state index in [0.717, 1.165) is 56.3 Å². The average molecular weight is 294 g/mol. The molecule has 0 bridgehead atoms. The highest BCUT2D eigenvalue weighted by atomic mass is 32.2. The van der Waals surface area contributed by atoms with Gasteiger partial charge in [0, 0.05) is 19.6 Å². The van der Waals surface area contributed by atoms with E-state index >= 15 is 0 Å². The zero-order valence-corrected chi connectivity index (χ0v) is 12.7. The van der Waals surface area contributed by atoms with Crippen LogP contribution < -0.4 is 5.32 Å². The summed E-state index contributed by atoms with van der Waals surface area (Å²) in [6.07, 6.45) is 5.06. The maximum Gasteiger partial charge on any atom is 0.243 e. The topological polar surface area (TPSA) is 49.4 Å². The number of hydrogen-bond acceptors (Lipinski definition) is 3. The van der Waals surface area contributed by atoms with Gasteiger partial charge in [0.2, 0.25) is 10.0 Å². The van der Waals surface area contributed by atoms with Crippen molar-refractivity contribution >= 4 is 10.0 Å². The molecule has 1 saturated carbocycles. The maximum atomic E-state index is 12.9. The van der Waals surface area contributed by atoms with E-state index in [1.54, 1.807) is 17.4 Å². The Hall–Kier alpha value is -0.910. The molecule has 5 heteroatoms. The molecular formula is C15H22N2O2S. The van der Waals surface area contributed by atoms with E-state index < -0.39 is 10.0 Å². The molecule has 0 saturated heterocycles. The first-order valence-corrected chi connectivity index (χ1v) is 8.84. The van der Waals surface area contributed by atoms with Crippen LogP contribution in [0.3, 0.4) is 0 Å². The standard InChI is InChI=1S/C15H22N2O2S/c1-17(13-6-2-3-7-13)20(18,19)15-8-4-5-12-11-16-10-9-14(12)15/h4-5,8,13,16H,2-3,6-7,9-11H2,1H3. The Morgan fingerprint density at radius 3 is 2.75 bits per heavy atom. The van der Waals surface area contributed by atoms with Crippen LogP contribution in [0, 0.1) is 0 Å². The van der Waals surface area contributed by atoms with Crippen LogP contribution in [0.2, 0.25) is 0 Å². The van der Waals surface area contributed by atoms with Crippen molar-refractivity contribution in [3.63, 3.8) is 0 Å². The monoisotopic (exact) mass is 294 g/mol. The van der Waals surface area contributed by atoms with Crippen molar-refractivity contribution in [3.05, 3.63) is 29.3 Å². The SMILES string of the molecule is CN(C1CCCC1)S(=O)(=O)c1cccc2c1CCNC2. The summed E-state index contributed by atoms with van der Waals surface area (Å²) in [6.45, 7) is 1.62. The number of sulfonamides is 1. The molecule has 3 rings (SSSR count). The lowest BCUT2D eigenvalue weighted by molar-refractivity contribution is 0.372. The Labute approximate surface area is 121 Å². The Bertz CT molecular complexity index is 592. The zero-order chi connectivity index (χ0) is 14.2. The highest BCUT2D eigenvalue weighted by Gasteiger charge is 2.32. The summed E-state index contributed by atoms with van der Waals surface area (Å²) in [6, 6.07) is 5.83. The van der Waals surface area contributed by atoms with Crippen molar-refractivity contribution < 1.29 is 8.42 Å². The molecule has 0 amide bonds. The fourth-order valence-corrected chi connectivity index (χ4v) is 5.07. The highest BCUT2D eigenvalue weighted by molar-refractivity contribution is 7.89. The Morgan fingerprint density at radius 2 is 2.00 bits per heavy atom. The third kappa shape index (κ3) is 2.38. The normalized spacial score (nSPS) is 20.3. The van der Waals surface area contributed by atoms with Crippen molar-refractivity contribution in [1.29, 1.82) is 0 Å². The number of rotatable bonds is 3. The largest absolute Gasteiger partial charge is 0.312 e. The molecule has 1 aliphatic carbocycles. The summed E-state index contributed by atoms with van der Waals surface area (Å²) in [7, 11) is -1.62. The minimum Gasteiger partial charge on any atom is -0.312 e. The first-order valence-electron chi connectivity index (χ1n) is 7.40. The predicted octanol–water partition coefficient (Wildman–Crippen LogP) is 1.90. The van der Waals surface area contributed by atoms with E-state index in [4.69, 9.17) is 0 Å². The highest BCUT2D eigenvalue weighted by Crippen LogP contribution is 2.30. The molecule has 1 aromatic rings. The van der Waals surface area contributed by atoms with E-state index in [2.05, 4.69) is 5.32 Å². The van der Waals surface area contributed by atoms with Gasteiger partial charge in [0.05, 0.1) is 4.90 Å². The Kier molecular flexibility index (Phi) is 3.84. The molecule has 0 radical (unpaired) electrons. The van der Waals surface area contributed by atoms with E-state index in [-0.39, 0.29) is 6.04 Å². The van der Waals surface area contributed by atoms with Crippen LogP contribution in [0.1, 0.15) is 36.8 Å². The Morgan fingerprint density at radius 1 is 1.25 bits per heavy atom. The summed E-state index contributed by atoms with van der Waals surface area (Å²) in [5.41, 5.74) is 2.13. The van der Waals surface area contributed by atoms with Gasteiger partial charge in [0.1, 0.15) is 0 Å². The minimum absolute atomic E-state index is 0.178. The van der Waals surface area contributed by atoms with Gasteiger partial charge < -0.3 is 5.32 Å². The third-order valence-corrected chi connectivity index (χ3v) is 6.59. The number of nitrogens with one attached hydrogen (secondary N) is 1. The second-order valence-electron chi connectivity index (χ2n) is 5.78. The van der Waals surface area contributed by atoms with Crippen LogP contribution in [-0.2, 0) is 23.0 Å². The van der Waals surface area contributed by atoms with Crippen molar-refractivity contribution in [2.75, 3.05) is 13.6 Å². The summed E-state index contributed by atoms with van der Waals surface area (Å²) < 4.78 is 27.4. The molecule has 4 nitrogen and oxygen atoms in total. The summed E-state index contributed by atoms with van der Waals surface area (Å²) in [4.78, 5) is 0.519. The Balaban J connectivity index is 1.98. The number of nitrogens with zero attached hydrogens (tertiary/aromatic N) is 1. The first kappa shape index (κ1) is 14.0. The first-order chi connectivity index (χ1) is 9.60. The fraction of sp³-hybridized carbons (Fsp3) is 0.600. The molecule has 0 unspecified atom stereocenters. The summed E-state index contributed by atoms with van der Waals surface area (Å²) in [5.74, 6) is 0. The van der Waals surface area contributed by atoms with E-state index in [9.17, 15) is 8.42 Å². The molecule has 0 spiro atoms. The van der Waals surface area contributed by atoms with Crippen molar-refractivity contribution in [1.82, 2.24) is 9.62 Å². The molecule has 0 aromatic heterocycles. The fourth-order valence-electron chi connectivity index (χ4n) is 3.36. The smallest absolute Gasteiger partial charge is 0.243 e. The van der Waals surface area contributed by atoms with Gasteiger partial charge >= 0.3 is 0 Å². The van der Waals surface area contributed by atoms with Crippen molar-refractivity contribution in [2.24, 2.45) is 0 Å². The van der Waals surface area contributed by atoms with E-state index in [0.29, 0.717) is 4.90 Å². The van der Waals surface area contributed by atoms with Gasteiger partial charge in [-0.25, -0.2) is 8.42 Å². The molecular weight excluding hydrogens is 272 g/mol. The van der Waals surface area contributed by atoms with Crippen LogP contribution >= 0.6 is 0 Å². The van der Waals surface area contributed by atoms with Gasteiger partial charge in [-0.3, -0.25) is 0 Å². The average Bonchev–Trinajstić information content (AvgIpc) is 2.99. The van der Waals surface area contributed by atoms with Gasteiger partial charge in [0.15, 0.2) is 0 Å². The molecule has 1 N–H and O–H groups in total. The van der Waals surface area contributed by atoms with Gasteiger partial charge in [-0.05, 0) is 43.0 Å². The molecule has 2 aliphatic rings. The van der Waals surface area contributed by atoms with Crippen molar-refractivity contribution in [2.45, 2.75) is 49.6 Å². The second-order valence-corrected chi connectivity index (χ2v) is 7.75. The summed E-state index contributed by atoms with van der Waals surface area (Å²) in [5, 5.41) is 3.30. The van der Waals surface area contributed by atoms with Crippen LogP contribution in [0.5, 0.6) is 0 Å². The lowest BCUT2D eigenvalue weighted by atomic mass is 10.0. The predicted molar refractivity (Wildman–Crippen MR) is 79.1 cm³/mol. The molecule has 20 heavy (non-hydrogen) atoms. The third-order valence-electron chi connectivity index (χ3n) is 4.59. The molecule has 0 atom stereocenters. The molecule has 1 aromatic carbocycles. The van der Waals surface area contributed by atoms with Gasteiger partial charge in [0.25, 0.3) is 0 Å². The number of fused-ring (bicyclic) bond motifs is 1. The zero-order valence-electron chi connectivity index (χ0n) is 11.9. The molecule has 1 heterocycles. The van der Waals surface area contributed by atoms with Crippen LogP contribution in [0.25, 0.3) is 0 Å². The summed E-state index contributed by atoms with van der Waals surface area (Å²) >= 11 is 0. The number of benzene rings is 1. The van der Waals surface area contributed by atoms with Crippen molar-refractivity contribution in [3.8, 4) is 0 Å². The minimum atomic E-state index is -3.36. The van der Waals surface area contributed by atoms with E-state index in [1.807, 2.05) is 12.1 Å². The van der Waals surface area contributed by atoms with Gasteiger partial charge in [-0.1, -0.05) is 25.0 Å². The van der Waals surface area contributed by atoms with Crippen LogP contribution in [-0.4, -0.2) is 32.4 Å². The lowest BCUT2D eigenvalue weighted by Crippen LogP contribution is -2.36. The maximum absolute atomic E-state index is 12.9. The second kappa shape index (κ2) is 5.47. The quantitative estimate of drug-likeness (QED) is 0.926. The van der Waals surface area contributed by atoms with Gasteiger partial charge in [-0.15, -0.1) is 0 Å². The number of hydrogen-bond donors (Lipinski definition) is 1. The van der Waals surface area contributed by atoms with Crippen LogP contribution in [0.15, 0.2) is 23.1 Å². The lowest BCUT2D eigenvalue weighted by Gasteiger charge is -2.27. The molecule has 1 aliphatic heterocycles.